The maximum atomic E-state index is 12.6. The summed E-state index contributed by atoms with van der Waals surface area (Å²) >= 11 is 0. The molecule has 0 fully saturated rings. The molecular formula is C41H74NO10P. The lowest BCUT2D eigenvalue weighted by molar-refractivity contribution is -0.161. The third kappa shape index (κ3) is 36.4. The molecule has 0 saturated heterocycles. The lowest BCUT2D eigenvalue weighted by Crippen LogP contribution is -2.34. The Balaban J connectivity index is 4.40. The van der Waals surface area contributed by atoms with Crippen molar-refractivity contribution in [3.63, 3.8) is 0 Å². The number of rotatable bonds is 38. The van der Waals surface area contributed by atoms with Crippen LogP contribution in [-0.4, -0.2) is 59.9 Å². The van der Waals surface area contributed by atoms with Crippen LogP contribution < -0.4 is 5.73 Å². The highest BCUT2D eigenvalue weighted by atomic mass is 31.2. The summed E-state index contributed by atoms with van der Waals surface area (Å²) in [4.78, 5) is 45.8. The van der Waals surface area contributed by atoms with Gasteiger partial charge in [0.2, 0.25) is 0 Å². The third-order valence-electron chi connectivity index (χ3n) is 8.65. The molecule has 53 heavy (non-hydrogen) atoms. The number of nitrogens with two attached hydrogens (primary N) is 1. The molecule has 0 rings (SSSR count). The number of allylic oxidation sites excluding steroid dienone is 6. The van der Waals surface area contributed by atoms with E-state index in [-0.39, 0.29) is 19.4 Å². The maximum absolute atomic E-state index is 12.6. The molecule has 11 nitrogen and oxygen atoms in total. The molecule has 3 atom stereocenters. The molecular weight excluding hydrogens is 697 g/mol. The van der Waals surface area contributed by atoms with E-state index in [1.807, 2.05) is 0 Å². The fraction of sp³-hybridized carbons (Fsp3) is 0.780. The molecule has 0 aromatic carbocycles. The topological polar surface area (TPSA) is 172 Å². The van der Waals surface area contributed by atoms with Crippen molar-refractivity contribution in [3.8, 4) is 0 Å². The van der Waals surface area contributed by atoms with E-state index in [0.717, 1.165) is 77.0 Å². The van der Waals surface area contributed by atoms with E-state index < -0.39 is 51.1 Å². The molecule has 0 spiro atoms. The highest BCUT2D eigenvalue weighted by molar-refractivity contribution is 7.47. The standard InChI is InChI=1S/C41H74NO10P/c1-3-5-7-9-11-13-15-17-18-19-20-21-23-25-27-29-31-33-40(44)52-37(35-50-53(47,48)51-36-38(42)41(45)46)34-49-39(43)32-30-28-26-24-22-16-14-12-10-8-6-4-2/h5,7,11,13,17-18,37-38H,3-4,6,8-10,12,14-16,19-36,42H2,1-2H3,(H,45,46)(H,47,48)/b7-5-,13-11-,18-17-. The second-order valence-electron chi connectivity index (χ2n) is 13.7. The van der Waals surface area contributed by atoms with Crippen molar-refractivity contribution in [2.24, 2.45) is 5.73 Å². The molecule has 0 radical (unpaired) electrons. The minimum absolute atomic E-state index is 0.151. The summed E-state index contributed by atoms with van der Waals surface area (Å²) < 4.78 is 32.6. The molecule has 0 amide bonds. The normalized spacial score (nSPS) is 14.2. The van der Waals surface area contributed by atoms with Gasteiger partial charge in [0, 0.05) is 12.8 Å². The molecule has 0 aliphatic rings. The Hall–Kier alpha value is -2.30. The van der Waals surface area contributed by atoms with Crippen molar-refractivity contribution in [2.75, 3.05) is 19.8 Å². The van der Waals surface area contributed by atoms with Crippen LogP contribution in [0.2, 0.25) is 0 Å². The molecule has 4 N–H and O–H groups in total. The number of hydrogen-bond acceptors (Lipinski definition) is 9. The molecule has 12 heteroatoms. The number of carbonyl (C=O) groups is 3. The zero-order chi connectivity index (χ0) is 39.3. The van der Waals surface area contributed by atoms with E-state index in [2.05, 4.69) is 54.8 Å². The Kier molecular flexibility index (Phi) is 35.1. The predicted molar refractivity (Wildman–Crippen MR) is 212 cm³/mol. The maximum Gasteiger partial charge on any atom is 0.472 e. The number of hydrogen-bond donors (Lipinski definition) is 3. The first kappa shape index (κ1) is 50.7. The second-order valence-corrected chi connectivity index (χ2v) is 15.2. The highest BCUT2D eigenvalue weighted by Gasteiger charge is 2.28. The van der Waals surface area contributed by atoms with Gasteiger partial charge in [0.05, 0.1) is 13.2 Å². The van der Waals surface area contributed by atoms with Crippen molar-refractivity contribution in [1.29, 1.82) is 0 Å². The third-order valence-corrected chi connectivity index (χ3v) is 9.60. The van der Waals surface area contributed by atoms with Gasteiger partial charge in [0.1, 0.15) is 12.6 Å². The first-order valence-corrected chi connectivity index (χ1v) is 22.0. The van der Waals surface area contributed by atoms with Gasteiger partial charge in [-0.3, -0.25) is 23.4 Å². The summed E-state index contributed by atoms with van der Waals surface area (Å²) in [6.07, 6.45) is 37.8. The van der Waals surface area contributed by atoms with E-state index in [1.54, 1.807) is 0 Å². The van der Waals surface area contributed by atoms with Crippen LogP contribution in [0.5, 0.6) is 0 Å². The van der Waals surface area contributed by atoms with Gasteiger partial charge in [-0.05, 0) is 44.9 Å². The van der Waals surface area contributed by atoms with Crippen molar-refractivity contribution >= 4 is 25.7 Å². The SMILES string of the molecule is CC/C=C\C/C=C\C/C=C\CCCCCCCCCC(=O)OC(COC(=O)CCCCCCCCCCCCCC)COP(=O)(O)OCC(N)C(=O)O. The van der Waals surface area contributed by atoms with Crippen LogP contribution in [0.1, 0.15) is 174 Å². The fourth-order valence-electron chi connectivity index (χ4n) is 5.43. The smallest absolute Gasteiger partial charge is 0.472 e. The van der Waals surface area contributed by atoms with Gasteiger partial charge < -0.3 is 25.2 Å². The summed E-state index contributed by atoms with van der Waals surface area (Å²) in [6.45, 7) is 2.67. The number of phosphoric acid groups is 1. The predicted octanol–water partition coefficient (Wildman–Crippen LogP) is 10.4. The minimum Gasteiger partial charge on any atom is -0.480 e. The summed E-state index contributed by atoms with van der Waals surface area (Å²) in [5.41, 5.74) is 5.32. The zero-order valence-electron chi connectivity index (χ0n) is 33.1. The minimum atomic E-state index is -4.71. The quantitative estimate of drug-likeness (QED) is 0.0236. The van der Waals surface area contributed by atoms with Gasteiger partial charge in [0.15, 0.2) is 6.10 Å². The van der Waals surface area contributed by atoms with Crippen LogP contribution in [0, 0.1) is 0 Å². The van der Waals surface area contributed by atoms with Crippen molar-refractivity contribution < 1.29 is 47.5 Å². The van der Waals surface area contributed by atoms with Gasteiger partial charge in [0.25, 0.3) is 0 Å². The van der Waals surface area contributed by atoms with Crippen LogP contribution in [0.3, 0.4) is 0 Å². The van der Waals surface area contributed by atoms with E-state index in [0.29, 0.717) is 12.8 Å². The monoisotopic (exact) mass is 772 g/mol. The van der Waals surface area contributed by atoms with E-state index in [4.69, 9.17) is 24.8 Å². The van der Waals surface area contributed by atoms with Crippen LogP contribution in [0.15, 0.2) is 36.5 Å². The molecule has 0 aromatic heterocycles. The van der Waals surface area contributed by atoms with E-state index in [9.17, 15) is 23.8 Å². The number of unbranched alkanes of at least 4 members (excludes halogenated alkanes) is 18. The van der Waals surface area contributed by atoms with Gasteiger partial charge in [-0.2, -0.15) is 0 Å². The summed E-state index contributed by atoms with van der Waals surface area (Å²) in [5, 5.41) is 8.87. The Morgan fingerprint density at radius 3 is 1.58 bits per heavy atom. The molecule has 0 heterocycles. The first-order valence-electron chi connectivity index (χ1n) is 20.5. The number of esters is 2. The fourth-order valence-corrected chi connectivity index (χ4v) is 6.21. The van der Waals surface area contributed by atoms with Crippen LogP contribution in [0.25, 0.3) is 0 Å². The molecule has 0 aliphatic carbocycles. The van der Waals surface area contributed by atoms with Crippen LogP contribution in [-0.2, 0) is 37.5 Å². The number of carboxylic acid groups (broad SMARTS) is 1. The number of aliphatic carboxylic acids is 1. The second kappa shape index (κ2) is 36.7. The molecule has 0 aliphatic heterocycles. The Bertz CT molecular complexity index is 1050. The van der Waals surface area contributed by atoms with E-state index in [1.165, 1.54) is 57.8 Å². The van der Waals surface area contributed by atoms with Crippen LogP contribution >= 0.6 is 7.82 Å². The summed E-state index contributed by atoms with van der Waals surface area (Å²) in [7, 11) is -4.71. The highest BCUT2D eigenvalue weighted by Crippen LogP contribution is 2.43. The number of phosphoric ester groups is 1. The summed E-state index contributed by atoms with van der Waals surface area (Å²) in [5.74, 6) is -2.39. The molecule has 0 bridgehead atoms. The Labute approximate surface area is 321 Å². The molecule has 308 valence electrons. The van der Waals surface area contributed by atoms with Crippen LogP contribution in [0.4, 0.5) is 0 Å². The van der Waals surface area contributed by atoms with Crippen molar-refractivity contribution in [2.45, 2.75) is 187 Å². The van der Waals surface area contributed by atoms with Gasteiger partial charge in [-0.25, -0.2) is 4.57 Å². The first-order chi connectivity index (χ1) is 25.6. The van der Waals surface area contributed by atoms with Crippen molar-refractivity contribution in [1.82, 2.24) is 0 Å². The average molecular weight is 772 g/mol. The molecule has 0 saturated carbocycles. The van der Waals surface area contributed by atoms with E-state index >= 15 is 0 Å². The lowest BCUT2D eigenvalue weighted by Gasteiger charge is -2.20. The Morgan fingerprint density at radius 1 is 0.604 bits per heavy atom. The number of carboxylic acids is 1. The van der Waals surface area contributed by atoms with Crippen molar-refractivity contribution in [3.05, 3.63) is 36.5 Å². The molecule has 3 unspecified atom stereocenters. The average Bonchev–Trinajstić information content (AvgIpc) is 3.13. The largest absolute Gasteiger partial charge is 0.480 e. The van der Waals surface area contributed by atoms with Gasteiger partial charge in [-0.15, -0.1) is 0 Å². The Morgan fingerprint density at radius 2 is 1.06 bits per heavy atom. The summed E-state index contributed by atoms with van der Waals surface area (Å²) in [6, 6.07) is -1.52. The lowest BCUT2D eigenvalue weighted by atomic mass is 10.0. The van der Waals surface area contributed by atoms with Gasteiger partial charge in [-0.1, -0.05) is 153 Å². The van der Waals surface area contributed by atoms with Gasteiger partial charge >= 0.3 is 25.7 Å². The zero-order valence-corrected chi connectivity index (χ0v) is 34.0. The molecule has 0 aromatic rings. The number of carbonyl (C=O) groups excluding carboxylic acids is 2. The number of ether oxygens (including phenoxy) is 2.